The smallest absolute Gasteiger partial charge is 0.271 e. The van der Waals surface area contributed by atoms with Gasteiger partial charge in [-0.15, -0.1) is 0 Å². The Kier molecular flexibility index (Phi) is 4.42. The molecular weight excluding hydrogens is 336 g/mol. The highest BCUT2D eigenvalue weighted by atomic mass is 35.5. The molecule has 5 nitrogen and oxygen atoms in total. The van der Waals surface area contributed by atoms with Crippen LogP contribution in [0.2, 0.25) is 5.15 Å². The fraction of sp³-hybridized carbons (Fsp3) is 0.263. The molecule has 0 aliphatic carbocycles. The molecule has 1 aliphatic rings. The summed E-state index contributed by atoms with van der Waals surface area (Å²) in [6.07, 6.45) is 2.86. The average molecular weight is 355 g/mol. The molecule has 1 aromatic carbocycles. The summed E-state index contributed by atoms with van der Waals surface area (Å²) in [5, 5.41) is 3.20. The number of halogens is 1. The van der Waals surface area contributed by atoms with Gasteiger partial charge in [0.05, 0.1) is 0 Å². The predicted molar refractivity (Wildman–Crippen MR) is 98.0 cm³/mol. The maximum atomic E-state index is 12.5. The minimum Gasteiger partial charge on any atom is -0.349 e. The molecule has 3 heterocycles. The van der Waals surface area contributed by atoms with E-state index < -0.39 is 0 Å². The molecule has 0 atom stereocenters. The summed E-state index contributed by atoms with van der Waals surface area (Å²) in [4.78, 5) is 19.1. The molecule has 4 rings (SSSR count). The largest absolute Gasteiger partial charge is 0.349 e. The molecule has 6 heteroatoms. The van der Waals surface area contributed by atoms with Crippen LogP contribution < -0.4 is 5.32 Å². The monoisotopic (exact) mass is 354 g/mol. The van der Waals surface area contributed by atoms with Gasteiger partial charge >= 0.3 is 0 Å². The van der Waals surface area contributed by atoms with Crippen LogP contribution in [0.25, 0.3) is 5.65 Å². The van der Waals surface area contributed by atoms with Crippen molar-refractivity contribution in [2.45, 2.75) is 13.0 Å². The third-order valence-electron chi connectivity index (χ3n) is 4.63. The van der Waals surface area contributed by atoms with Gasteiger partial charge in [0.15, 0.2) is 10.8 Å². The zero-order chi connectivity index (χ0) is 17.2. The quantitative estimate of drug-likeness (QED) is 0.783. The lowest BCUT2D eigenvalue weighted by atomic mass is 10.00. The van der Waals surface area contributed by atoms with Crippen molar-refractivity contribution in [3.05, 3.63) is 70.6 Å². The number of imidazole rings is 1. The molecule has 0 fully saturated rings. The first-order chi connectivity index (χ1) is 12.2. The first-order valence-electron chi connectivity index (χ1n) is 8.42. The van der Waals surface area contributed by atoms with Crippen LogP contribution in [0.1, 0.15) is 21.6 Å². The number of rotatable bonds is 4. The van der Waals surface area contributed by atoms with Crippen LogP contribution in [-0.2, 0) is 13.0 Å². The Hall–Kier alpha value is -2.37. The normalized spacial score (nSPS) is 14.4. The molecule has 0 bridgehead atoms. The molecule has 2 aromatic heterocycles. The summed E-state index contributed by atoms with van der Waals surface area (Å²) in [7, 11) is 0. The van der Waals surface area contributed by atoms with Crippen LogP contribution in [0, 0.1) is 0 Å². The highest BCUT2D eigenvalue weighted by Crippen LogP contribution is 2.19. The van der Waals surface area contributed by atoms with E-state index in [0.717, 1.165) is 26.1 Å². The highest BCUT2D eigenvalue weighted by Gasteiger charge is 2.19. The Morgan fingerprint density at radius 1 is 1.16 bits per heavy atom. The van der Waals surface area contributed by atoms with E-state index in [0.29, 0.717) is 17.9 Å². The lowest BCUT2D eigenvalue weighted by molar-refractivity contribution is 0.0941. The second-order valence-corrected chi connectivity index (χ2v) is 6.59. The van der Waals surface area contributed by atoms with Gasteiger partial charge in [-0.1, -0.05) is 41.9 Å². The van der Waals surface area contributed by atoms with Crippen molar-refractivity contribution in [3.8, 4) is 0 Å². The van der Waals surface area contributed by atoms with Gasteiger partial charge in [-0.2, -0.15) is 0 Å². The van der Waals surface area contributed by atoms with Gasteiger partial charge in [0.25, 0.3) is 5.91 Å². The van der Waals surface area contributed by atoms with E-state index in [1.54, 1.807) is 10.6 Å². The summed E-state index contributed by atoms with van der Waals surface area (Å²) in [5.74, 6) is -0.193. The van der Waals surface area contributed by atoms with E-state index in [-0.39, 0.29) is 11.1 Å². The van der Waals surface area contributed by atoms with E-state index >= 15 is 0 Å². The topological polar surface area (TPSA) is 49.6 Å². The lowest BCUT2D eigenvalue weighted by Gasteiger charge is -2.28. The summed E-state index contributed by atoms with van der Waals surface area (Å²) in [6, 6.07) is 14.1. The molecule has 1 aliphatic heterocycles. The van der Waals surface area contributed by atoms with Crippen LogP contribution in [0.5, 0.6) is 0 Å². The fourth-order valence-electron chi connectivity index (χ4n) is 3.33. The molecule has 1 amide bonds. The predicted octanol–water partition coefficient (Wildman–Crippen LogP) is 2.78. The van der Waals surface area contributed by atoms with Gasteiger partial charge in [0.2, 0.25) is 0 Å². The minimum atomic E-state index is -0.193. The number of aromatic nitrogens is 2. The van der Waals surface area contributed by atoms with Crippen LogP contribution in [0.15, 0.2) is 48.7 Å². The highest BCUT2D eigenvalue weighted by molar-refractivity contribution is 6.32. The maximum Gasteiger partial charge on any atom is 0.271 e. The van der Waals surface area contributed by atoms with E-state index in [1.807, 2.05) is 18.2 Å². The van der Waals surface area contributed by atoms with Gasteiger partial charge < -0.3 is 5.32 Å². The van der Waals surface area contributed by atoms with Crippen molar-refractivity contribution in [1.82, 2.24) is 19.6 Å². The number of nitrogens with one attached hydrogen (secondary N) is 1. The second-order valence-electron chi connectivity index (χ2n) is 6.23. The molecule has 1 N–H and O–H groups in total. The SMILES string of the molecule is O=C(NCCN1CCc2ccccc2C1)c1c(Cl)nc2ccccn12. The molecule has 0 saturated heterocycles. The Morgan fingerprint density at radius 3 is 2.84 bits per heavy atom. The van der Waals surface area contributed by atoms with Gasteiger partial charge in [0.1, 0.15) is 5.65 Å². The number of fused-ring (bicyclic) bond motifs is 2. The molecule has 128 valence electrons. The molecule has 0 unspecified atom stereocenters. The Balaban J connectivity index is 1.37. The number of amides is 1. The van der Waals surface area contributed by atoms with Crippen molar-refractivity contribution in [2.24, 2.45) is 0 Å². The summed E-state index contributed by atoms with van der Waals surface area (Å²) in [6.45, 7) is 3.34. The Morgan fingerprint density at radius 2 is 1.96 bits per heavy atom. The molecule has 0 radical (unpaired) electrons. The van der Waals surface area contributed by atoms with Crippen molar-refractivity contribution in [1.29, 1.82) is 0 Å². The number of benzene rings is 1. The van der Waals surface area contributed by atoms with Crippen molar-refractivity contribution < 1.29 is 4.79 Å². The number of hydrogen-bond acceptors (Lipinski definition) is 3. The summed E-state index contributed by atoms with van der Waals surface area (Å²) >= 11 is 6.14. The third-order valence-corrected chi connectivity index (χ3v) is 4.89. The number of carbonyl (C=O) groups excluding carboxylic acids is 1. The number of pyridine rings is 1. The third kappa shape index (κ3) is 3.25. The van der Waals surface area contributed by atoms with Crippen LogP contribution >= 0.6 is 11.6 Å². The van der Waals surface area contributed by atoms with E-state index in [1.165, 1.54) is 11.1 Å². The zero-order valence-corrected chi connectivity index (χ0v) is 14.5. The second kappa shape index (κ2) is 6.86. The molecule has 25 heavy (non-hydrogen) atoms. The molecule has 0 saturated carbocycles. The van der Waals surface area contributed by atoms with Gasteiger partial charge in [-0.05, 0) is 29.7 Å². The van der Waals surface area contributed by atoms with E-state index in [4.69, 9.17) is 11.6 Å². The maximum absolute atomic E-state index is 12.5. The van der Waals surface area contributed by atoms with E-state index in [2.05, 4.69) is 39.5 Å². The first kappa shape index (κ1) is 16.1. The van der Waals surface area contributed by atoms with Crippen LogP contribution in [0.3, 0.4) is 0 Å². The number of carbonyl (C=O) groups is 1. The van der Waals surface area contributed by atoms with Gasteiger partial charge in [0, 0.05) is 32.4 Å². The fourth-order valence-corrected chi connectivity index (χ4v) is 3.59. The molecular formula is C19H19ClN4O. The minimum absolute atomic E-state index is 0.193. The van der Waals surface area contributed by atoms with E-state index in [9.17, 15) is 4.79 Å². The zero-order valence-electron chi connectivity index (χ0n) is 13.8. The molecule has 0 spiro atoms. The Bertz CT molecular complexity index is 921. The van der Waals surface area contributed by atoms with Gasteiger partial charge in [-0.3, -0.25) is 14.1 Å². The van der Waals surface area contributed by atoms with Crippen molar-refractivity contribution >= 4 is 23.2 Å². The Labute approximate surface area is 151 Å². The number of nitrogens with zero attached hydrogens (tertiary/aromatic N) is 3. The summed E-state index contributed by atoms with van der Waals surface area (Å²) in [5.41, 5.74) is 3.87. The first-order valence-corrected chi connectivity index (χ1v) is 8.80. The van der Waals surface area contributed by atoms with Crippen LogP contribution in [0.4, 0.5) is 0 Å². The standard InChI is InChI=1S/C19H19ClN4O/c20-18-17(24-10-4-3-7-16(24)22-18)19(25)21-9-12-23-11-8-14-5-1-2-6-15(14)13-23/h1-7,10H,8-9,11-13H2,(H,21,25). The van der Waals surface area contributed by atoms with Crippen molar-refractivity contribution in [2.75, 3.05) is 19.6 Å². The number of hydrogen-bond donors (Lipinski definition) is 1. The summed E-state index contributed by atoms with van der Waals surface area (Å²) < 4.78 is 1.72. The lowest BCUT2D eigenvalue weighted by Crippen LogP contribution is -2.38. The average Bonchev–Trinajstić information content (AvgIpc) is 2.97. The molecule has 3 aromatic rings. The van der Waals surface area contributed by atoms with Crippen LogP contribution in [-0.4, -0.2) is 39.8 Å². The van der Waals surface area contributed by atoms with Gasteiger partial charge in [-0.25, -0.2) is 4.98 Å². The van der Waals surface area contributed by atoms with Crippen molar-refractivity contribution in [3.63, 3.8) is 0 Å².